The van der Waals surface area contributed by atoms with E-state index >= 15 is 0 Å². The van der Waals surface area contributed by atoms with Gasteiger partial charge >= 0.3 is 5.97 Å². The topological polar surface area (TPSA) is 54.4 Å². The van der Waals surface area contributed by atoms with Crippen LogP contribution in [0.2, 0.25) is 0 Å². The lowest BCUT2D eigenvalue weighted by Crippen LogP contribution is -2.08. The molecule has 0 aliphatic rings. The average Bonchev–Trinajstić information content (AvgIpc) is 2.32. The van der Waals surface area contributed by atoms with E-state index in [-0.39, 0.29) is 16.8 Å². The Kier molecular flexibility index (Phi) is 8.15. The number of ketones is 1. The Hall–Kier alpha value is -1.29. The van der Waals surface area contributed by atoms with Crippen molar-refractivity contribution in [2.24, 2.45) is 0 Å². The van der Waals surface area contributed by atoms with Gasteiger partial charge < -0.3 is 5.11 Å². The maximum Gasteiger partial charge on any atom is 0.313 e. The third-order valence-corrected chi connectivity index (χ3v) is 3.20. The molecular formula is C13H18O3S. The Bertz CT molecular complexity index is 349. The maximum atomic E-state index is 11.3. The number of hydrogen-bond donors (Lipinski definition) is 1. The van der Waals surface area contributed by atoms with Gasteiger partial charge in [-0.2, -0.15) is 0 Å². The molecule has 0 aromatic heterocycles. The van der Waals surface area contributed by atoms with E-state index in [0.717, 1.165) is 17.3 Å². The minimum absolute atomic E-state index is 0.0209. The average molecular weight is 254 g/mol. The molecule has 1 unspecified atom stereocenters. The fourth-order valence-corrected chi connectivity index (χ4v) is 2.12. The van der Waals surface area contributed by atoms with E-state index in [1.54, 1.807) is 0 Å². The standard InChI is InChI=1S/C11H12O3S.C2H6/c1-8(12)11(15-7-10(13)14)9-5-3-2-4-6-9;1-2/h2-6,11H,7H2,1H3,(H,13,14);1-2H3. The molecule has 3 nitrogen and oxygen atoms in total. The number of rotatable bonds is 5. The van der Waals surface area contributed by atoms with Crippen LogP contribution in [0, 0.1) is 0 Å². The Morgan fingerprint density at radius 1 is 1.24 bits per heavy atom. The molecule has 0 radical (unpaired) electrons. The molecule has 17 heavy (non-hydrogen) atoms. The number of Topliss-reactive ketones (excluding diaryl/α,β-unsaturated/α-hetero) is 1. The van der Waals surface area contributed by atoms with Crippen molar-refractivity contribution >= 4 is 23.5 Å². The lowest BCUT2D eigenvalue weighted by Gasteiger charge is -2.12. The van der Waals surface area contributed by atoms with E-state index in [2.05, 4.69) is 0 Å². The summed E-state index contributed by atoms with van der Waals surface area (Å²) in [7, 11) is 0. The molecule has 4 heteroatoms. The number of carbonyl (C=O) groups excluding carboxylic acids is 1. The number of hydrogen-bond acceptors (Lipinski definition) is 3. The zero-order chi connectivity index (χ0) is 13.3. The predicted octanol–water partition coefficient (Wildman–Crippen LogP) is 3.16. The molecule has 0 fully saturated rings. The van der Waals surface area contributed by atoms with Crippen LogP contribution in [0.15, 0.2) is 30.3 Å². The number of benzene rings is 1. The first kappa shape index (κ1) is 15.7. The predicted molar refractivity (Wildman–Crippen MR) is 71.3 cm³/mol. The minimum atomic E-state index is -0.901. The first-order valence-electron chi connectivity index (χ1n) is 5.50. The van der Waals surface area contributed by atoms with E-state index < -0.39 is 5.97 Å². The second kappa shape index (κ2) is 8.82. The van der Waals surface area contributed by atoms with E-state index in [1.165, 1.54) is 6.92 Å². The van der Waals surface area contributed by atoms with Crippen molar-refractivity contribution in [1.29, 1.82) is 0 Å². The summed E-state index contributed by atoms with van der Waals surface area (Å²) in [5.41, 5.74) is 0.858. The monoisotopic (exact) mass is 254 g/mol. The first-order valence-corrected chi connectivity index (χ1v) is 6.55. The molecule has 0 amide bonds. The van der Waals surface area contributed by atoms with Crippen molar-refractivity contribution in [1.82, 2.24) is 0 Å². The smallest absolute Gasteiger partial charge is 0.313 e. The molecule has 1 N–H and O–H groups in total. The molecule has 1 aromatic rings. The normalized spacial score (nSPS) is 11.0. The highest BCUT2D eigenvalue weighted by molar-refractivity contribution is 8.00. The Labute approximate surface area is 106 Å². The fourth-order valence-electron chi connectivity index (χ4n) is 1.23. The van der Waals surface area contributed by atoms with Crippen LogP contribution in [0.3, 0.4) is 0 Å². The van der Waals surface area contributed by atoms with Gasteiger partial charge in [-0.05, 0) is 12.5 Å². The molecule has 0 bridgehead atoms. The third-order valence-electron chi connectivity index (χ3n) is 1.85. The maximum absolute atomic E-state index is 11.3. The van der Waals surface area contributed by atoms with Crippen LogP contribution in [-0.2, 0) is 9.59 Å². The highest BCUT2D eigenvalue weighted by Crippen LogP contribution is 2.29. The zero-order valence-electron chi connectivity index (χ0n) is 10.3. The second-order valence-corrected chi connectivity index (χ2v) is 4.20. The molecule has 1 atom stereocenters. The highest BCUT2D eigenvalue weighted by atomic mass is 32.2. The third kappa shape index (κ3) is 6.12. The van der Waals surface area contributed by atoms with Gasteiger partial charge in [-0.3, -0.25) is 9.59 Å². The Morgan fingerprint density at radius 3 is 2.18 bits per heavy atom. The van der Waals surface area contributed by atoms with Gasteiger partial charge in [-0.15, -0.1) is 11.8 Å². The minimum Gasteiger partial charge on any atom is -0.481 e. The molecule has 0 aliphatic carbocycles. The lowest BCUT2D eigenvalue weighted by molar-refractivity contribution is -0.133. The summed E-state index contributed by atoms with van der Waals surface area (Å²) in [5.74, 6) is -0.978. The van der Waals surface area contributed by atoms with Crippen molar-refractivity contribution in [2.45, 2.75) is 26.0 Å². The fraction of sp³-hybridized carbons (Fsp3) is 0.385. The van der Waals surface area contributed by atoms with Crippen molar-refractivity contribution in [2.75, 3.05) is 5.75 Å². The highest BCUT2D eigenvalue weighted by Gasteiger charge is 2.17. The van der Waals surface area contributed by atoms with Gasteiger partial charge in [0.25, 0.3) is 0 Å². The summed E-state index contributed by atoms with van der Waals surface area (Å²) in [6, 6.07) is 9.21. The van der Waals surface area contributed by atoms with Gasteiger partial charge in [0.2, 0.25) is 0 Å². The van der Waals surface area contributed by atoms with Crippen LogP contribution in [0.5, 0.6) is 0 Å². The summed E-state index contributed by atoms with van der Waals surface area (Å²) in [6.07, 6.45) is 0. The van der Waals surface area contributed by atoms with Gasteiger partial charge in [-0.1, -0.05) is 44.2 Å². The summed E-state index contributed by atoms with van der Waals surface area (Å²) < 4.78 is 0. The molecule has 0 saturated heterocycles. The van der Waals surface area contributed by atoms with Gasteiger partial charge in [-0.25, -0.2) is 0 Å². The molecular weight excluding hydrogens is 236 g/mol. The van der Waals surface area contributed by atoms with Crippen LogP contribution in [-0.4, -0.2) is 22.6 Å². The lowest BCUT2D eigenvalue weighted by atomic mass is 10.1. The van der Waals surface area contributed by atoms with Gasteiger partial charge in [0.15, 0.2) is 0 Å². The van der Waals surface area contributed by atoms with Gasteiger partial charge in [0.1, 0.15) is 5.78 Å². The summed E-state index contributed by atoms with van der Waals surface area (Å²) in [6.45, 7) is 5.48. The quantitative estimate of drug-likeness (QED) is 0.877. The first-order chi connectivity index (χ1) is 8.11. The van der Waals surface area contributed by atoms with Gasteiger partial charge in [0, 0.05) is 0 Å². The van der Waals surface area contributed by atoms with E-state index in [4.69, 9.17) is 5.11 Å². The van der Waals surface area contributed by atoms with Crippen molar-refractivity contribution in [3.8, 4) is 0 Å². The van der Waals surface area contributed by atoms with Crippen LogP contribution < -0.4 is 0 Å². The van der Waals surface area contributed by atoms with Crippen molar-refractivity contribution in [3.63, 3.8) is 0 Å². The number of thioether (sulfide) groups is 1. The molecule has 0 spiro atoms. The number of carboxylic acid groups (broad SMARTS) is 1. The zero-order valence-corrected chi connectivity index (χ0v) is 11.2. The van der Waals surface area contributed by atoms with E-state index in [0.29, 0.717) is 0 Å². The number of aliphatic carboxylic acids is 1. The summed E-state index contributed by atoms with van der Waals surface area (Å²) in [5, 5.41) is 8.19. The van der Waals surface area contributed by atoms with Crippen LogP contribution in [0.1, 0.15) is 31.6 Å². The summed E-state index contributed by atoms with van der Waals surface area (Å²) >= 11 is 1.14. The molecule has 94 valence electrons. The van der Waals surface area contributed by atoms with Crippen molar-refractivity contribution < 1.29 is 14.7 Å². The van der Waals surface area contributed by atoms with Gasteiger partial charge in [0.05, 0.1) is 11.0 Å². The van der Waals surface area contributed by atoms with Crippen LogP contribution >= 0.6 is 11.8 Å². The Balaban J connectivity index is 0.00000121. The van der Waals surface area contributed by atoms with Crippen molar-refractivity contribution in [3.05, 3.63) is 35.9 Å². The molecule has 0 saturated carbocycles. The summed E-state index contributed by atoms with van der Waals surface area (Å²) in [4.78, 5) is 21.8. The van der Waals surface area contributed by atoms with E-state index in [9.17, 15) is 9.59 Å². The SMILES string of the molecule is CC.CC(=O)C(SCC(=O)O)c1ccccc1. The Morgan fingerprint density at radius 2 is 1.76 bits per heavy atom. The van der Waals surface area contributed by atoms with E-state index in [1.807, 2.05) is 44.2 Å². The second-order valence-electron chi connectivity index (χ2n) is 3.11. The molecule has 0 heterocycles. The van der Waals surface area contributed by atoms with Crippen LogP contribution in [0.4, 0.5) is 0 Å². The molecule has 0 aliphatic heterocycles. The number of carboxylic acids is 1. The number of carbonyl (C=O) groups is 2. The largest absolute Gasteiger partial charge is 0.481 e. The molecule has 1 aromatic carbocycles. The van der Waals surface area contributed by atoms with Crippen LogP contribution in [0.25, 0.3) is 0 Å². The molecule has 1 rings (SSSR count).